The van der Waals surface area contributed by atoms with Crippen LogP contribution in [0.25, 0.3) is 0 Å². The molecule has 0 aromatic carbocycles. The first-order valence-corrected chi connectivity index (χ1v) is 10.00. The minimum atomic E-state index is 0.0957. The van der Waals surface area contributed by atoms with Gasteiger partial charge >= 0.3 is 0 Å². The van der Waals surface area contributed by atoms with Crippen molar-refractivity contribution in [2.24, 2.45) is 0 Å². The van der Waals surface area contributed by atoms with Crippen molar-refractivity contribution < 1.29 is 9.59 Å². The molecule has 156 valence electrons. The second-order valence-electron chi connectivity index (χ2n) is 7.61. The first kappa shape index (κ1) is 28.0. The molecule has 0 atom stereocenters. The van der Waals surface area contributed by atoms with E-state index in [9.17, 15) is 9.59 Å². The summed E-state index contributed by atoms with van der Waals surface area (Å²) in [7, 11) is 0. The van der Waals surface area contributed by atoms with Crippen LogP contribution in [0.1, 0.15) is 81.1 Å². The summed E-state index contributed by atoms with van der Waals surface area (Å²) in [6, 6.07) is 0. The SMILES string of the molecule is CC(=O)C=CC=C(C)CCC=C(C)C.CC(=O)C=CC=C(C)CCC=C(C)C. The highest BCUT2D eigenvalue weighted by molar-refractivity contribution is 5.87. The van der Waals surface area contributed by atoms with Gasteiger partial charge in [0.25, 0.3) is 0 Å². The molecular formula is C26H40O2. The summed E-state index contributed by atoms with van der Waals surface area (Å²) in [5.74, 6) is 0.191. The predicted octanol–water partition coefficient (Wildman–Crippen LogP) is 7.65. The molecule has 0 bridgehead atoms. The molecule has 0 aliphatic rings. The maximum atomic E-state index is 10.6. The fourth-order valence-corrected chi connectivity index (χ4v) is 2.04. The van der Waals surface area contributed by atoms with Gasteiger partial charge in [-0.1, -0.05) is 58.7 Å². The van der Waals surface area contributed by atoms with Gasteiger partial charge in [0.2, 0.25) is 0 Å². The zero-order valence-electron chi connectivity index (χ0n) is 19.3. The van der Waals surface area contributed by atoms with Gasteiger partial charge in [0.1, 0.15) is 0 Å². The quantitative estimate of drug-likeness (QED) is 0.220. The standard InChI is InChI=1S/2C13H20O/c2*1-11(2)7-5-8-12(3)9-6-10-13(4)14/h2*6-7,9-10H,5,8H2,1-4H3. The number of allylic oxidation sites excluding steroid dienone is 12. The van der Waals surface area contributed by atoms with E-state index in [0.29, 0.717) is 0 Å². The Morgan fingerprint density at radius 1 is 0.571 bits per heavy atom. The van der Waals surface area contributed by atoms with Crippen LogP contribution in [0.15, 0.2) is 70.9 Å². The van der Waals surface area contributed by atoms with E-state index in [1.165, 1.54) is 22.3 Å². The molecule has 0 spiro atoms. The Morgan fingerprint density at radius 3 is 1.14 bits per heavy atom. The number of carbonyl (C=O) groups is 2. The molecule has 0 amide bonds. The van der Waals surface area contributed by atoms with Gasteiger partial charge in [-0.2, -0.15) is 0 Å². The average molecular weight is 385 g/mol. The molecule has 0 fully saturated rings. The van der Waals surface area contributed by atoms with Gasteiger partial charge in [-0.15, -0.1) is 0 Å². The summed E-state index contributed by atoms with van der Waals surface area (Å²) in [6.07, 6.45) is 19.6. The second-order valence-corrected chi connectivity index (χ2v) is 7.61. The van der Waals surface area contributed by atoms with E-state index in [1.807, 2.05) is 24.3 Å². The zero-order valence-corrected chi connectivity index (χ0v) is 19.3. The number of hydrogen-bond acceptors (Lipinski definition) is 2. The van der Waals surface area contributed by atoms with E-state index in [1.54, 1.807) is 26.0 Å². The van der Waals surface area contributed by atoms with E-state index >= 15 is 0 Å². The summed E-state index contributed by atoms with van der Waals surface area (Å²) >= 11 is 0. The highest BCUT2D eigenvalue weighted by atomic mass is 16.1. The third kappa shape index (κ3) is 26.0. The van der Waals surface area contributed by atoms with Crippen molar-refractivity contribution in [3.63, 3.8) is 0 Å². The maximum Gasteiger partial charge on any atom is 0.152 e. The molecule has 0 saturated carbocycles. The molecule has 0 aromatic heterocycles. The molecular weight excluding hydrogens is 344 g/mol. The van der Waals surface area contributed by atoms with Crippen LogP contribution < -0.4 is 0 Å². The van der Waals surface area contributed by atoms with E-state index in [0.717, 1.165) is 25.7 Å². The minimum absolute atomic E-state index is 0.0957. The Labute approximate surface area is 173 Å². The summed E-state index contributed by atoms with van der Waals surface area (Å²) in [6.45, 7) is 15.7. The smallest absolute Gasteiger partial charge is 0.152 e. The van der Waals surface area contributed by atoms with Gasteiger partial charge in [-0.05, 0) is 93.2 Å². The number of hydrogen-bond donors (Lipinski definition) is 0. The Kier molecular flexibility index (Phi) is 18.2. The Balaban J connectivity index is 0. The van der Waals surface area contributed by atoms with Crippen LogP contribution in [0.2, 0.25) is 0 Å². The molecule has 0 aliphatic heterocycles. The summed E-state index contributed by atoms with van der Waals surface area (Å²) in [4.78, 5) is 21.2. The van der Waals surface area contributed by atoms with Gasteiger partial charge in [-0.3, -0.25) is 9.59 Å². The van der Waals surface area contributed by atoms with Gasteiger partial charge in [0.05, 0.1) is 0 Å². The van der Waals surface area contributed by atoms with Crippen molar-refractivity contribution in [3.05, 3.63) is 70.9 Å². The minimum Gasteiger partial charge on any atom is -0.295 e. The molecule has 0 aromatic rings. The fraction of sp³-hybridized carbons (Fsp3) is 0.462. The van der Waals surface area contributed by atoms with Crippen molar-refractivity contribution >= 4 is 11.6 Å². The van der Waals surface area contributed by atoms with Crippen LogP contribution in [-0.4, -0.2) is 11.6 Å². The number of carbonyl (C=O) groups excluding carboxylic acids is 2. The van der Waals surface area contributed by atoms with Crippen LogP contribution >= 0.6 is 0 Å². The van der Waals surface area contributed by atoms with Crippen molar-refractivity contribution in [2.45, 2.75) is 81.1 Å². The first-order valence-electron chi connectivity index (χ1n) is 10.00. The molecule has 0 unspecified atom stereocenters. The summed E-state index contributed by atoms with van der Waals surface area (Å²) < 4.78 is 0. The summed E-state index contributed by atoms with van der Waals surface area (Å²) in [5, 5.41) is 0. The average Bonchev–Trinajstić information content (AvgIpc) is 2.54. The van der Waals surface area contributed by atoms with Crippen LogP contribution in [-0.2, 0) is 9.59 Å². The summed E-state index contributed by atoms with van der Waals surface area (Å²) in [5.41, 5.74) is 5.33. The van der Waals surface area contributed by atoms with Crippen molar-refractivity contribution in [1.29, 1.82) is 0 Å². The van der Waals surface area contributed by atoms with Gasteiger partial charge in [0.15, 0.2) is 11.6 Å². The lowest BCUT2D eigenvalue weighted by Crippen LogP contribution is -1.79. The third-order valence-corrected chi connectivity index (χ3v) is 3.61. The normalized spacial score (nSPS) is 11.9. The Bertz CT molecular complexity index is 584. The molecule has 0 aliphatic carbocycles. The lowest BCUT2D eigenvalue weighted by Gasteiger charge is -1.96. The van der Waals surface area contributed by atoms with E-state index in [2.05, 4.69) is 53.7 Å². The molecule has 0 rings (SSSR count). The molecule has 2 nitrogen and oxygen atoms in total. The van der Waals surface area contributed by atoms with Crippen LogP contribution in [0.3, 0.4) is 0 Å². The van der Waals surface area contributed by atoms with Gasteiger partial charge in [-0.25, -0.2) is 0 Å². The lowest BCUT2D eigenvalue weighted by atomic mass is 10.1. The molecule has 0 N–H and O–H groups in total. The molecule has 2 heteroatoms. The van der Waals surface area contributed by atoms with Crippen LogP contribution in [0, 0.1) is 0 Å². The van der Waals surface area contributed by atoms with Gasteiger partial charge in [0, 0.05) is 0 Å². The molecule has 28 heavy (non-hydrogen) atoms. The largest absolute Gasteiger partial charge is 0.295 e. The molecule has 0 radical (unpaired) electrons. The van der Waals surface area contributed by atoms with E-state index in [-0.39, 0.29) is 11.6 Å². The number of ketones is 2. The highest BCUT2D eigenvalue weighted by Gasteiger charge is 1.88. The van der Waals surface area contributed by atoms with E-state index in [4.69, 9.17) is 0 Å². The molecule has 0 heterocycles. The monoisotopic (exact) mass is 384 g/mol. The Morgan fingerprint density at radius 2 is 0.893 bits per heavy atom. The number of rotatable bonds is 10. The Hall–Kier alpha value is -2.22. The zero-order chi connectivity index (χ0) is 21.9. The first-order chi connectivity index (χ1) is 13.0. The van der Waals surface area contributed by atoms with Crippen LogP contribution in [0.5, 0.6) is 0 Å². The lowest BCUT2D eigenvalue weighted by molar-refractivity contribution is -0.113. The van der Waals surface area contributed by atoms with Crippen molar-refractivity contribution in [3.8, 4) is 0 Å². The maximum absolute atomic E-state index is 10.6. The topological polar surface area (TPSA) is 34.1 Å². The predicted molar refractivity (Wildman–Crippen MR) is 124 cm³/mol. The van der Waals surface area contributed by atoms with Crippen LogP contribution in [0.4, 0.5) is 0 Å². The fourth-order valence-electron chi connectivity index (χ4n) is 2.04. The van der Waals surface area contributed by atoms with E-state index < -0.39 is 0 Å². The van der Waals surface area contributed by atoms with Gasteiger partial charge < -0.3 is 0 Å². The third-order valence-electron chi connectivity index (χ3n) is 3.61. The van der Waals surface area contributed by atoms with Crippen molar-refractivity contribution in [1.82, 2.24) is 0 Å². The molecule has 0 saturated heterocycles. The highest BCUT2D eigenvalue weighted by Crippen LogP contribution is 2.07. The van der Waals surface area contributed by atoms with Crippen molar-refractivity contribution in [2.75, 3.05) is 0 Å². The second kappa shape index (κ2) is 18.2.